The summed E-state index contributed by atoms with van der Waals surface area (Å²) in [5, 5.41) is 2.91. The predicted octanol–water partition coefficient (Wildman–Crippen LogP) is 3.92. The highest BCUT2D eigenvalue weighted by Crippen LogP contribution is 2.22. The van der Waals surface area contributed by atoms with Crippen molar-refractivity contribution in [3.05, 3.63) is 59.1 Å². The summed E-state index contributed by atoms with van der Waals surface area (Å²) in [6.45, 7) is 3.63. The van der Waals surface area contributed by atoms with E-state index >= 15 is 0 Å². The molecule has 2 rings (SSSR count). The molecule has 0 fully saturated rings. The third kappa shape index (κ3) is 4.73. The summed E-state index contributed by atoms with van der Waals surface area (Å²) in [5.74, 6) is -0.212. The first-order valence-corrected chi connectivity index (χ1v) is 7.88. The monoisotopic (exact) mass is 347 g/mol. The summed E-state index contributed by atoms with van der Waals surface area (Å²) < 4.78 is 10.5. The molecular weight excluding hydrogens is 330 g/mol. The van der Waals surface area contributed by atoms with Gasteiger partial charge in [-0.2, -0.15) is 0 Å². The highest BCUT2D eigenvalue weighted by molar-refractivity contribution is 6.34. The van der Waals surface area contributed by atoms with Crippen molar-refractivity contribution in [2.45, 2.75) is 20.0 Å². The standard InChI is InChI=1S/C18H18ClNO4/c1-3-23-18(22)15-10-9-13(11-16(15)19)20-17(21)12(2)24-14-7-5-4-6-8-14/h4-12H,3H2,1-2H3,(H,20,21)/t12-/m1/s1. The van der Waals surface area contributed by atoms with Gasteiger partial charge in [0.05, 0.1) is 17.2 Å². The molecule has 0 heterocycles. The number of amides is 1. The summed E-state index contributed by atoms with van der Waals surface area (Å²) in [6, 6.07) is 13.7. The van der Waals surface area contributed by atoms with Crippen molar-refractivity contribution in [3.8, 4) is 5.75 Å². The Labute approximate surface area is 145 Å². The smallest absolute Gasteiger partial charge is 0.339 e. The fraction of sp³-hybridized carbons (Fsp3) is 0.222. The molecule has 1 atom stereocenters. The Kier molecular flexibility index (Phi) is 6.21. The molecule has 1 N–H and O–H groups in total. The quantitative estimate of drug-likeness (QED) is 0.804. The molecule has 2 aromatic carbocycles. The molecule has 126 valence electrons. The Hall–Kier alpha value is -2.53. The second-order valence-corrected chi connectivity index (χ2v) is 5.38. The van der Waals surface area contributed by atoms with Crippen LogP contribution in [0.4, 0.5) is 5.69 Å². The van der Waals surface area contributed by atoms with E-state index in [9.17, 15) is 9.59 Å². The number of hydrogen-bond donors (Lipinski definition) is 1. The van der Waals surface area contributed by atoms with E-state index in [1.165, 1.54) is 12.1 Å². The SMILES string of the molecule is CCOC(=O)c1ccc(NC(=O)[C@@H](C)Oc2ccccc2)cc1Cl. The zero-order valence-corrected chi connectivity index (χ0v) is 14.2. The fourth-order valence-corrected chi connectivity index (χ4v) is 2.23. The Balaban J connectivity index is 2.01. The lowest BCUT2D eigenvalue weighted by Crippen LogP contribution is -2.30. The van der Waals surface area contributed by atoms with E-state index < -0.39 is 12.1 Å². The lowest BCUT2D eigenvalue weighted by atomic mass is 10.2. The van der Waals surface area contributed by atoms with Crippen LogP contribution in [0.5, 0.6) is 5.75 Å². The fourth-order valence-electron chi connectivity index (χ4n) is 1.97. The number of anilines is 1. The molecule has 0 aliphatic carbocycles. The topological polar surface area (TPSA) is 64.6 Å². The summed E-state index contributed by atoms with van der Waals surface area (Å²) in [6.07, 6.45) is -0.684. The van der Waals surface area contributed by atoms with Crippen LogP contribution in [0.2, 0.25) is 5.02 Å². The van der Waals surface area contributed by atoms with Crippen LogP contribution in [0.3, 0.4) is 0 Å². The van der Waals surface area contributed by atoms with Crippen LogP contribution < -0.4 is 10.1 Å². The lowest BCUT2D eigenvalue weighted by Gasteiger charge is -2.15. The minimum Gasteiger partial charge on any atom is -0.481 e. The second-order valence-electron chi connectivity index (χ2n) is 4.98. The predicted molar refractivity (Wildman–Crippen MR) is 92.6 cm³/mol. The Morgan fingerprint density at radius 3 is 2.50 bits per heavy atom. The number of esters is 1. The van der Waals surface area contributed by atoms with Crippen LogP contribution in [0.1, 0.15) is 24.2 Å². The number of para-hydroxylation sites is 1. The highest BCUT2D eigenvalue weighted by Gasteiger charge is 2.17. The zero-order valence-electron chi connectivity index (χ0n) is 13.4. The molecule has 24 heavy (non-hydrogen) atoms. The number of nitrogens with one attached hydrogen (secondary N) is 1. The van der Waals surface area contributed by atoms with E-state index in [-0.39, 0.29) is 23.1 Å². The van der Waals surface area contributed by atoms with Gasteiger partial charge in [0, 0.05) is 5.69 Å². The summed E-state index contributed by atoms with van der Waals surface area (Å²) in [4.78, 5) is 23.9. The summed E-state index contributed by atoms with van der Waals surface area (Å²) >= 11 is 6.07. The van der Waals surface area contributed by atoms with Gasteiger partial charge in [-0.25, -0.2) is 4.79 Å². The molecule has 0 aliphatic heterocycles. The molecule has 0 spiro atoms. The molecule has 5 nitrogen and oxygen atoms in total. The molecule has 2 aromatic rings. The van der Waals surface area contributed by atoms with Gasteiger partial charge >= 0.3 is 5.97 Å². The normalized spacial score (nSPS) is 11.5. The van der Waals surface area contributed by atoms with Crippen LogP contribution in [-0.4, -0.2) is 24.6 Å². The molecule has 1 amide bonds. The number of rotatable bonds is 6. The first kappa shape index (κ1) is 17.8. The average molecular weight is 348 g/mol. The number of carbonyl (C=O) groups excluding carboxylic acids is 2. The molecule has 0 radical (unpaired) electrons. The van der Waals surface area contributed by atoms with Crippen LogP contribution in [-0.2, 0) is 9.53 Å². The number of hydrogen-bond acceptors (Lipinski definition) is 4. The molecule has 0 saturated heterocycles. The van der Waals surface area contributed by atoms with Gasteiger partial charge in [-0.15, -0.1) is 0 Å². The van der Waals surface area contributed by atoms with Gasteiger partial charge in [-0.1, -0.05) is 29.8 Å². The van der Waals surface area contributed by atoms with Crippen molar-refractivity contribution < 1.29 is 19.1 Å². The first-order valence-electron chi connectivity index (χ1n) is 7.50. The number of halogens is 1. The Morgan fingerprint density at radius 2 is 1.88 bits per heavy atom. The van der Waals surface area contributed by atoms with Crippen LogP contribution in [0, 0.1) is 0 Å². The van der Waals surface area contributed by atoms with Gasteiger partial charge in [0.25, 0.3) is 5.91 Å². The maximum absolute atomic E-state index is 12.2. The first-order chi connectivity index (χ1) is 11.5. The molecule has 6 heteroatoms. The van der Waals surface area contributed by atoms with E-state index in [2.05, 4.69) is 5.32 Å². The van der Waals surface area contributed by atoms with Crippen molar-refractivity contribution >= 4 is 29.2 Å². The van der Waals surface area contributed by atoms with E-state index in [4.69, 9.17) is 21.1 Å². The van der Waals surface area contributed by atoms with Crippen LogP contribution in [0.15, 0.2) is 48.5 Å². The minimum absolute atomic E-state index is 0.211. The van der Waals surface area contributed by atoms with E-state index in [0.29, 0.717) is 11.4 Å². The largest absolute Gasteiger partial charge is 0.481 e. The van der Waals surface area contributed by atoms with E-state index in [1.54, 1.807) is 32.0 Å². The van der Waals surface area contributed by atoms with Crippen molar-refractivity contribution in [1.82, 2.24) is 0 Å². The molecule has 0 aromatic heterocycles. The second kappa shape index (κ2) is 8.36. The van der Waals surface area contributed by atoms with Crippen molar-refractivity contribution in [3.63, 3.8) is 0 Å². The zero-order chi connectivity index (χ0) is 17.5. The molecule has 0 unspecified atom stereocenters. The van der Waals surface area contributed by atoms with Gasteiger partial charge in [0.1, 0.15) is 5.75 Å². The number of benzene rings is 2. The van der Waals surface area contributed by atoms with Crippen LogP contribution in [0.25, 0.3) is 0 Å². The molecule has 0 saturated carbocycles. The third-order valence-corrected chi connectivity index (χ3v) is 3.47. The van der Waals surface area contributed by atoms with Gasteiger partial charge < -0.3 is 14.8 Å². The summed E-state index contributed by atoms with van der Waals surface area (Å²) in [5.41, 5.74) is 0.728. The molecular formula is C18H18ClNO4. The van der Waals surface area contributed by atoms with Gasteiger partial charge in [-0.3, -0.25) is 4.79 Å². The Bertz CT molecular complexity index is 718. The minimum atomic E-state index is -0.684. The number of carbonyl (C=O) groups is 2. The van der Waals surface area contributed by atoms with Crippen molar-refractivity contribution in [2.24, 2.45) is 0 Å². The van der Waals surface area contributed by atoms with Gasteiger partial charge in [0.15, 0.2) is 6.10 Å². The van der Waals surface area contributed by atoms with E-state index in [0.717, 1.165) is 0 Å². The van der Waals surface area contributed by atoms with Crippen molar-refractivity contribution in [2.75, 3.05) is 11.9 Å². The van der Waals surface area contributed by atoms with E-state index in [1.807, 2.05) is 18.2 Å². The highest BCUT2D eigenvalue weighted by atomic mass is 35.5. The number of ether oxygens (including phenoxy) is 2. The lowest BCUT2D eigenvalue weighted by molar-refractivity contribution is -0.122. The van der Waals surface area contributed by atoms with Crippen LogP contribution >= 0.6 is 11.6 Å². The maximum Gasteiger partial charge on any atom is 0.339 e. The van der Waals surface area contributed by atoms with Crippen molar-refractivity contribution in [1.29, 1.82) is 0 Å². The van der Waals surface area contributed by atoms with Gasteiger partial charge in [-0.05, 0) is 44.2 Å². The maximum atomic E-state index is 12.2. The summed E-state index contributed by atoms with van der Waals surface area (Å²) in [7, 11) is 0. The Morgan fingerprint density at radius 1 is 1.17 bits per heavy atom. The van der Waals surface area contributed by atoms with Gasteiger partial charge in [0.2, 0.25) is 0 Å². The average Bonchev–Trinajstić information content (AvgIpc) is 2.56. The molecule has 0 aliphatic rings. The molecule has 0 bridgehead atoms. The third-order valence-electron chi connectivity index (χ3n) is 3.16.